The molecule has 19 heavy (non-hydrogen) atoms. The van der Waals surface area contributed by atoms with Gasteiger partial charge in [0, 0.05) is 16.1 Å². The standard InChI is InChI=1S/C15H13BrN2O/c16-13-6-4-11(5-7-13)15(19)12-9-17-14-3-1-2-8-18(14)10-12/h1-8,12H,9-10H2/p+1. The predicted octanol–water partition coefficient (Wildman–Crippen LogP) is 2.66. The van der Waals surface area contributed by atoms with E-state index in [2.05, 4.69) is 25.8 Å². The number of ketones is 1. The number of hydrogen-bond acceptors (Lipinski definition) is 2. The maximum absolute atomic E-state index is 12.5. The monoisotopic (exact) mass is 317 g/mol. The van der Waals surface area contributed by atoms with E-state index < -0.39 is 0 Å². The van der Waals surface area contributed by atoms with E-state index in [1.165, 1.54) is 0 Å². The first kappa shape index (κ1) is 12.4. The third-order valence-electron chi connectivity index (χ3n) is 3.39. The van der Waals surface area contributed by atoms with Crippen molar-refractivity contribution in [2.45, 2.75) is 6.54 Å². The fourth-order valence-corrected chi connectivity index (χ4v) is 2.62. The normalized spacial score (nSPS) is 17.4. The van der Waals surface area contributed by atoms with Crippen LogP contribution in [-0.4, -0.2) is 12.3 Å². The molecule has 1 aromatic carbocycles. The Kier molecular flexibility index (Phi) is 3.34. The molecule has 4 heteroatoms. The maximum Gasteiger partial charge on any atom is 0.274 e. The average Bonchev–Trinajstić information content (AvgIpc) is 2.47. The fourth-order valence-electron chi connectivity index (χ4n) is 2.35. The summed E-state index contributed by atoms with van der Waals surface area (Å²) >= 11 is 3.38. The summed E-state index contributed by atoms with van der Waals surface area (Å²) in [6, 6.07) is 13.6. The number of rotatable bonds is 2. The number of halogens is 1. The van der Waals surface area contributed by atoms with Crippen molar-refractivity contribution in [3.63, 3.8) is 0 Å². The number of pyridine rings is 1. The molecule has 0 radical (unpaired) electrons. The number of Topliss-reactive ketones (excluding diaryl/α,β-unsaturated/α-hetero) is 1. The molecular formula is C15H14BrN2O+. The van der Waals surface area contributed by atoms with Gasteiger partial charge < -0.3 is 0 Å². The molecule has 0 bridgehead atoms. The number of aromatic nitrogens is 1. The van der Waals surface area contributed by atoms with E-state index in [-0.39, 0.29) is 11.7 Å². The Morgan fingerprint density at radius 2 is 2.00 bits per heavy atom. The van der Waals surface area contributed by atoms with E-state index in [1.54, 1.807) is 0 Å². The van der Waals surface area contributed by atoms with Gasteiger partial charge in [-0.25, -0.2) is 4.57 Å². The zero-order valence-electron chi connectivity index (χ0n) is 10.3. The predicted molar refractivity (Wildman–Crippen MR) is 77.1 cm³/mol. The van der Waals surface area contributed by atoms with Crippen LogP contribution in [0.15, 0.2) is 53.1 Å². The molecule has 0 fully saturated rings. The van der Waals surface area contributed by atoms with Crippen molar-refractivity contribution in [1.82, 2.24) is 0 Å². The lowest BCUT2D eigenvalue weighted by atomic mass is 9.96. The summed E-state index contributed by atoms with van der Waals surface area (Å²) in [6.07, 6.45) is 2.00. The molecule has 0 spiro atoms. The summed E-state index contributed by atoms with van der Waals surface area (Å²) in [4.78, 5) is 12.5. The molecule has 0 amide bonds. The molecule has 0 aliphatic carbocycles. The van der Waals surface area contributed by atoms with Gasteiger partial charge >= 0.3 is 0 Å². The van der Waals surface area contributed by atoms with Crippen molar-refractivity contribution < 1.29 is 9.36 Å². The van der Waals surface area contributed by atoms with Gasteiger partial charge in [0.25, 0.3) is 5.82 Å². The highest BCUT2D eigenvalue weighted by molar-refractivity contribution is 9.10. The topological polar surface area (TPSA) is 33.0 Å². The molecule has 2 heterocycles. The third-order valence-corrected chi connectivity index (χ3v) is 3.92. The van der Waals surface area contributed by atoms with Crippen LogP contribution in [0.4, 0.5) is 5.82 Å². The lowest BCUT2D eigenvalue weighted by Gasteiger charge is -2.20. The summed E-state index contributed by atoms with van der Waals surface area (Å²) in [5.41, 5.74) is 0.773. The van der Waals surface area contributed by atoms with Crippen molar-refractivity contribution in [3.8, 4) is 0 Å². The number of nitrogens with one attached hydrogen (secondary N) is 1. The quantitative estimate of drug-likeness (QED) is 0.682. The minimum Gasteiger partial charge on any atom is -0.294 e. The van der Waals surface area contributed by atoms with Crippen LogP contribution in [-0.2, 0) is 6.54 Å². The lowest BCUT2D eigenvalue weighted by molar-refractivity contribution is -0.690. The summed E-state index contributed by atoms with van der Waals surface area (Å²) in [5, 5.41) is 3.31. The highest BCUT2D eigenvalue weighted by atomic mass is 79.9. The summed E-state index contributed by atoms with van der Waals surface area (Å²) in [7, 11) is 0. The van der Waals surface area contributed by atoms with Crippen molar-refractivity contribution in [2.24, 2.45) is 5.92 Å². The number of benzene rings is 1. The minimum atomic E-state index is -0.0129. The second-order valence-electron chi connectivity index (χ2n) is 4.69. The van der Waals surface area contributed by atoms with Gasteiger partial charge in [-0.1, -0.05) is 34.1 Å². The van der Waals surface area contributed by atoms with Crippen LogP contribution in [0.1, 0.15) is 10.4 Å². The molecule has 1 unspecified atom stereocenters. The molecule has 96 valence electrons. The van der Waals surface area contributed by atoms with Crippen LogP contribution >= 0.6 is 15.9 Å². The van der Waals surface area contributed by atoms with Crippen LogP contribution < -0.4 is 9.88 Å². The number of hydrogen-bond donors (Lipinski definition) is 1. The van der Waals surface area contributed by atoms with E-state index in [1.807, 2.05) is 48.7 Å². The number of nitrogens with zero attached hydrogens (tertiary/aromatic N) is 1. The van der Waals surface area contributed by atoms with Gasteiger partial charge in [-0.3, -0.25) is 10.1 Å². The number of carbonyl (C=O) groups excluding carboxylic acids is 1. The molecular weight excluding hydrogens is 304 g/mol. The van der Waals surface area contributed by atoms with Gasteiger partial charge in [-0.2, -0.15) is 0 Å². The Bertz CT molecular complexity index is 610. The van der Waals surface area contributed by atoms with Crippen molar-refractivity contribution in [2.75, 3.05) is 11.9 Å². The van der Waals surface area contributed by atoms with E-state index in [0.717, 1.165) is 22.4 Å². The Morgan fingerprint density at radius 1 is 1.21 bits per heavy atom. The Morgan fingerprint density at radius 3 is 2.79 bits per heavy atom. The molecule has 3 rings (SSSR count). The van der Waals surface area contributed by atoms with E-state index in [4.69, 9.17) is 0 Å². The Hall–Kier alpha value is -1.68. The zero-order chi connectivity index (χ0) is 13.2. The summed E-state index contributed by atoms with van der Waals surface area (Å²) < 4.78 is 3.08. The number of fused-ring (bicyclic) bond motifs is 1. The zero-order valence-corrected chi connectivity index (χ0v) is 11.9. The van der Waals surface area contributed by atoms with Gasteiger partial charge in [0.2, 0.25) is 0 Å². The summed E-state index contributed by atoms with van der Waals surface area (Å²) in [6.45, 7) is 1.43. The van der Waals surface area contributed by atoms with Crippen molar-refractivity contribution in [1.29, 1.82) is 0 Å². The van der Waals surface area contributed by atoms with Crippen molar-refractivity contribution >= 4 is 27.5 Å². The molecule has 1 aliphatic heterocycles. The molecule has 1 atom stereocenters. The van der Waals surface area contributed by atoms with Crippen LogP contribution in [0.5, 0.6) is 0 Å². The number of anilines is 1. The maximum atomic E-state index is 12.5. The number of carbonyl (C=O) groups is 1. The van der Waals surface area contributed by atoms with Gasteiger partial charge in [0.05, 0.1) is 18.7 Å². The van der Waals surface area contributed by atoms with E-state index in [0.29, 0.717) is 6.54 Å². The van der Waals surface area contributed by atoms with Crippen LogP contribution in [0, 0.1) is 5.92 Å². The largest absolute Gasteiger partial charge is 0.294 e. The molecule has 1 aromatic heterocycles. The molecule has 0 saturated heterocycles. The van der Waals surface area contributed by atoms with Gasteiger partial charge in [0.1, 0.15) is 6.54 Å². The highest BCUT2D eigenvalue weighted by Gasteiger charge is 2.29. The molecule has 1 aliphatic rings. The first-order valence-electron chi connectivity index (χ1n) is 6.26. The minimum absolute atomic E-state index is 0.0129. The molecule has 0 saturated carbocycles. The molecule has 3 nitrogen and oxygen atoms in total. The molecule has 2 aromatic rings. The second-order valence-corrected chi connectivity index (χ2v) is 5.60. The smallest absolute Gasteiger partial charge is 0.274 e. The fraction of sp³-hybridized carbons (Fsp3) is 0.200. The first-order chi connectivity index (χ1) is 9.24. The van der Waals surface area contributed by atoms with Gasteiger partial charge in [-0.15, -0.1) is 0 Å². The third kappa shape index (κ3) is 2.54. The van der Waals surface area contributed by atoms with Gasteiger partial charge in [-0.05, 0) is 18.2 Å². The van der Waals surface area contributed by atoms with E-state index in [9.17, 15) is 4.79 Å². The first-order valence-corrected chi connectivity index (χ1v) is 7.05. The van der Waals surface area contributed by atoms with Crippen LogP contribution in [0.3, 0.4) is 0 Å². The van der Waals surface area contributed by atoms with Gasteiger partial charge in [0.15, 0.2) is 5.78 Å². The Labute approximate surface area is 120 Å². The highest BCUT2D eigenvalue weighted by Crippen LogP contribution is 2.17. The summed E-state index contributed by atoms with van der Waals surface area (Å²) in [5.74, 6) is 1.26. The second kappa shape index (κ2) is 5.13. The lowest BCUT2D eigenvalue weighted by Crippen LogP contribution is -2.49. The SMILES string of the molecule is O=C(c1ccc(Br)cc1)C1CNc2cccc[n+]2C1. The van der Waals surface area contributed by atoms with Crippen molar-refractivity contribution in [3.05, 3.63) is 58.7 Å². The van der Waals surface area contributed by atoms with E-state index >= 15 is 0 Å². The Balaban J connectivity index is 1.81. The molecule has 1 N–H and O–H groups in total. The van der Waals surface area contributed by atoms with Crippen LogP contribution in [0.25, 0.3) is 0 Å². The van der Waals surface area contributed by atoms with Crippen LogP contribution in [0.2, 0.25) is 0 Å². The average molecular weight is 318 g/mol.